The summed E-state index contributed by atoms with van der Waals surface area (Å²) in [5.74, 6) is -2.98. The highest BCUT2D eigenvalue weighted by molar-refractivity contribution is 6.23. The van der Waals surface area contributed by atoms with Crippen LogP contribution >= 0.6 is 0 Å². The maximum absolute atomic E-state index is 13.5. The number of amides is 5. The summed E-state index contributed by atoms with van der Waals surface area (Å²) in [5.41, 5.74) is 1.84. The first-order valence-corrected chi connectivity index (χ1v) is 16.3. The Kier molecular flexibility index (Phi) is 8.84. The van der Waals surface area contributed by atoms with Crippen LogP contribution in [0.1, 0.15) is 55.2 Å². The summed E-state index contributed by atoms with van der Waals surface area (Å²) in [7, 11) is 1.36. The molecule has 2 N–H and O–H groups in total. The number of piperidine rings is 1. The van der Waals surface area contributed by atoms with E-state index in [1.807, 2.05) is 0 Å². The van der Waals surface area contributed by atoms with Crippen LogP contribution in [0.2, 0.25) is 0 Å². The minimum Gasteiger partial charge on any atom is -0.348 e. The first-order chi connectivity index (χ1) is 25.7. The zero-order valence-electron chi connectivity index (χ0n) is 28.0. The third kappa shape index (κ3) is 6.69. The molecule has 5 amide bonds. The number of imide groups is 2. The molecule has 0 radical (unpaired) electrons. The van der Waals surface area contributed by atoms with Crippen LogP contribution in [-0.2, 0) is 29.4 Å². The molecule has 1 saturated heterocycles. The molecule has 14 nitrogen and oxygen atoms in total. The van der Waals surface area contributed by atoms with Crippen molar-refractivity contribution in [3.63, 3.8) is 0 Å². The number of nitrogens with one attached hydrogen (secondary N) is 2. The highest BCUT2D eigenvalue weighted by Crippen LogP contribution is 2.35. The van der Waals surface area contributed by atoms with Crippen LogP contribution in [0.15, 0.2) is 84.9 Å². The Balaban J connectivity index is 1.11. The quantitative estimate of drug-likeness (QED) is 0.125. The molecule has 272 valence electrons. The fourth-order valence-electron chi connectivity index (χ4n) is 6.30. The number of rotatable bonds is 8. The lowest BCUT2D eigenvalue weighted by molar-refractivity contribution is -0.384. The van der Waals surface area contributed by atoms with Crippen LogP contribution in [0.5, 0.6) is 0 Å². The molecule has 0 spiro atoms. The van der Waals surface area contributed by atoms with E-state index in [0.29, 0.717) is 27.9 Å². The number of benzene rings is 3. The molecule has 2 aliphatic rings. The van der Waals surface area contributed by atoms with E-state index in [-0.39, 0.29) is 53.2 Å². The van der Waals surface area contributed by atoms with Crippen LogP contribution in [0.3, 0.4) is 0 Å². The molecule has 17 heteroatoms. The van der Waals surface area contributed by atoms with Gasteiger partial charge in [-0.05, 0) is 77.7 Å². The number of fused-ring (bicyclic) bond motifs is 1. The van der Waals surface area contributed by atoms with Crippen molar-refractivity contribution in [2.24, 2.45) is 7.05 Å². The van der Waals surface area contributed by atoms with E-state index in [1.54, 1.807) is 42.5 Å². The molecule has 1 atom stereocenters. The number of aryl methyl sites for hydroxylation is 1. The Morgan fingerprint density at radius 2 is 1.56 bits per heavy atom. The van der Waals surface area contributed by atoms with Crippen LogP contribution in [-0.4, -0.2) is 60.2 Å². The van der Waals surface area contributed by atoms with Gasteiger partial charge in [-0.15, -0.1) is 0 Å². The highest BCUT2D eigenvalue weighted by Gasteiger charge is 2.44. The predicted octanol–water partition coefficient (Wildman–Crippen LogP) is 5.07. The van der Waals surface area contributed by atoms with Crippen molar-refractivity contribution < 1.29 is 42.1 Å². The second-order valence-electron chi connectivity index (χ2n) is 12.6. The normalized spacial score (nSPS) is 15.6. The second-order valence-corrected chi connectivity index (χ2v) is 12.6. The van der Waals surface area contributed by atoms with Crippen molar-refractivity contribution in [2.75, 3.05) is 0 Å². The molecule has 0 saturated carbocycles. The lowest BCUT2D eigenvalue weighted by Crippen LogP contribution is -2.54. The number of nitrogens with zero attached hydrogens (tertiary/aromatic N) is 5. The van der Waals surface area contributed by atoms with Gasteiger partial charge < -0.3 is 5.32 Å². The Bertz CT molecular complexity index is 2410. The van der Waals surface area contributed by atoms with Gasteiger partial charge in [-0.3, -0.25) is 49.0 Å². The number of nitro benzene ring substituents is 1. The number of carbonyl (C=O) groups excluding carboxylic acids is 5. The van der Waals surface area contributed by atoms with Gasteiger partial charge in [-0.1, -0.05) is 18.2 Å². The molecule has 0 bridgehead atoms. The van der Waals surface area contributed by atoms with Gasteiger partial charge in [-0.25, -0.2) is 4.98 Å². The smallest absolute Gasteiger partial charge is 0.348 e. The number of hydrogen-bond acceptors (Lipinski definition) is 9. The van der Waals surface area contributed by atoms with Gasteiger partial charge >= 0.3 is 6.18 Å². The van der Waals surface area contributed by atoms with E-state index in [1.165, 1.54) is 43.4 Å². The number of non-ortho nitro benzene ring substituents is 1. The van der Waals surface area contributed by atoms with E-state index in [9.17, 15) is 47.3 Å². The summed E-state index contributed by atoms with van der Waals surface area (Å²) in [6.45, 7) is -0.00925. The largest absolute Gasteiger partial charge is 0.435 e. The first-order valence-electron chi connectivity index (χ1n) is 16.3. The summed E-state index contributed by atoms with van der Waals surface area (Å²) in [4.78, 5) is 79.3. The van der Waals surface area contributed by atoms with Gasteiger partial charge in [0, 0.05) is 43.3 Å². The molecule has 7 rings (SSSR count). The highest BCUT2D eigenvalue weighted by atomic mass is 19.4. The van der Waals surface area contributed by atoms with E-state index in [2.05, 4.69) is 20.7 Å². The van der Waals surface area contributed by atoms with Gasteiger partial charge in [0.15, 0.2) is 5.69 Å². The Morgan fingerprint density at radius 3 is 2.20 bits per heavy atom. The van der Waals surface area contributed by atoms with Crippen molar-refractivity contribution in [2.45, 2.75) is 31.6 Å². The first kappa shape index (κ1) is 35.4. The Labute approximate surface area is 302 Å². The number of carbonyl (C=O) groups is 5. The zero-order chi connectivity index (χ0) is 38.5. The van der Waals surface area contributed by atoms with Crippen LogP contribution in [0.4, 0.5) is 18.9 Å². The van der Waals surface area contributed by atoms with E-state index in [4.69, 9.17) is 0 Å². The second kappa shape index (κ2) is 13.5. The number of nitro groups is 1. The standard InChI is InChI=1S/C37H26F3N7O7/c1-45-30(17-31(44-45)37(38,39)40)28-16-23(15-27(42-28)21-7-9-24(10-8-21)47(53)54)20-3-5-22(6-4-20)33(49)41-18-19-2-11-25-26(14-19)36(52)46(35(25)51)29-12-13-32(48)43-34(29)50/h2-11,14-17,29H,12-13,18H2,1H3,(H,41,49)(H,43,48,50). The number of halogens is 3. The van der Waals surface area contributed by atoms with Gasteiger partial charge in [0.05, 0.1) is 33.1 Å². The topological polar surface area (TPSA) is 186 Å². The van der Waals surface area contributed by atoms with Crippen molar-refractivity contribution in [1.29, 1.82) is 0 Å². The Morgan fingerprint density at radius 1 is 0.889 bits per heavy atom. The molecule has 4 heterocycles. The summed E-state index contributed by atoms with van der Waals surface area (Å²) in [6.07, 6.45) is -4.68. The SMILES string of the molecule is Cn1nc(C(F)(F)F)cc1-c1cc(-c2ccc(C(=O)NCc3ccc4c(c3)C(=O)N(C3CCC(=O)NC3=O)C4=O)cc2)cc(-c2ccc([N+](=O)[O-])cc2)n1. The Hall–Kier alpha value is -7.04. The van der Waals surface area contributed by atoms with Crippen LogP contribution < -0.4 is 10.6 Å². The minimum absolute atomic E-state index is 0.00763. The van der Waals surface area contributed by atoms with E-state index in [0.717, 1.165) is 15.6 Å². The maximum Gasteiger partial charge on any atom is 0.435 e. The van der Waals surface area contributed by atoms with E-state index >= 15 is 0 Å². The molecular formula is C37H26F3N7O7. The van der Waals surface area contributed by atoms with E-state index < -0.39 is 52.4 Å². The fourth-order valence-corrected chi connectivity index (χ4v) is 6.30. The lowest BCUT2D eigenvalue weighted by atomic mass is 10.00. The lowest BCUT2D eigenvalue weighted by Gasteiger charge is -2.27. The van der Waals surface area contributed by atoms with Crippen molar-refractivity contribution in [3.8, 4) is 33.8 Å². The average Bonchev–Trinajstić information content (AvgIpc) is 3.67. The van der Waals surface area contributed by atoms with Gasteiger partial charge in [0.1, 0.15) is 6.04 Å². The number of alkyl halides is 3. The molecule has 2 aromatic heterocycles. The predicted molar refractivity (Wildman–Crippen MR) is 183 cm³/mol. The summed E-state index contributed by atoms with van der Waals surface area (Å²) in [5, 5.41) is 19.7. The summed E-state index contributed by atoms with van der Waals surface area (Å²) in [6, 6.07) is 19.4. The molecule has 3 aromatic carbocycles. The van der Waals surface area contributed by atoms with Gasteiger partial charge in [0.2, 0.25) is 11.8 Å². The molecule has 54 heavy (non-hydrogen) atoms. The third-order valence-corrected chi connectivity index (χ3v) is 9.07. The monoisotopic (exact) mass is 737 g/mol. The maximum atomic E-state index is 13.5. The third-order valence-electron chi connectivity index (χ3n) is 9.07. The summed E-state index contributed by atoms with van der Waals surface area (Å²) < 4.78 is 41.5. The number of hydrogen-bond donors (Lipinski definition) is 2. The molecule has 1 fully saturated rings. The molecule has 0 aliphatic carbocycles. The molecular weight excluding hydrogens is 711 g/mol. The van der Waals surface area contributed by atoms with Crippen molar-refractivity contribution >= 4 is 35.2 Å². The average molecular weight is 738 g/mol. The molecule has 5 aromatic rings. The van der Waals surface area contributed by atoms with Gasteiger partial charge in [-0.2, -0.15) is 18.3 Å². The molecule has 1 unspecified atom stereocenters. The van der Waals surface area contributed by atoms with Crippen LogP contribution in [0, 0.1) is 10.1 Å². The zero-order valence-corrected chi connectivity index (χ0v) is 28.0. The van der Waals surface area contributed by atoms with Gasteiger partial charge in [0.25, 0.3) is 23.4 Å². The van der Waals surface area contributed by atoms with Crippen LogP contribution in [0.25, 0.3) is 33.8 Å². The summed E-state index contributed by atoms with van der Waals surface area (Å²) >= 11 is 0. The number of pyridine rings is 1. The number of aromatic nitrogens is 3. The van der Waals surface area contributed by atoms with Crippen molar-refractivity contribution in [3.05, 3.63) is 123 Å². The van der Waals surface area contributed by atoms with Crippen molar-refractivity contribution in [1.82, 2.24) is 30.3 Å². The minimum atomic E-state index is -4.69. The fraction of sp³-hybridized carbons (Fsp3) is 0.162. The molecule has 2 aliphatic heterocycles.